The third kappa shape index (κ3) is 10.1. The number of pyridine rings is 1. The number of nitrogens with one attached hydrogen (secondary N) is 1. The molecule has 158 valence electrons. The Hall–Kier alpha value is -2.36. The Morgan fingerprint density at radius 1 is 1.21 bits per heavy atom. The second-order valence-electron chi connectivity index (χ2n) is 6.66. The lowest BCUT2D eigenvalue weighted by atomic mass is 10.1. The fraction of sp³-hybridized carbons (Fsp3) is 0.500. The van der Waals surface area contributed by atoms with Crippen LogP contribution in [-0.4, -0.2) is 23.0 Å². The first kappa shape index (κ1) is 27.9. The van der Waals surface area contributed by atoms with Crippen molar-refractivity contribution in [2.45, 2.75) is 74.8 Å². The van der Waals surface area contributed by atoms with Crippen molar-refractivity contribution in [3.63, 3.8) is 0 Å². The molecule has 0 fully saturated rings. The number of nitrogens with zero attached hydrogens (tertiary/aromatic N) is 2. The highest BCUT2D eigenvalue weighted by Crippen LogP contribution is 2.21. The average Bonchev–Trinajstić information content (AvgIpc) is 2.67. The van der Waals surface area contributed by atoms with Crippen molar-refractivity contribution in [1.29, 1.82) is 0 Å². The molecule has 1 rings (SSSR count). The Balaban J connectivity index is 0. The monoisotopic (exact) mass is 387 g/mol. The first-order chi connectivity index (χ1) is 13.2. The summed E-state index contributed by atoms with van der Waals surface area (Å²) < 4.78 is 0. The van der Waals surface area contributed by atoms with Crippen LogP contribution in [0.4, 0.5) is 5.82 Å². The molecule has 0 spiro atoms. The van der Waals surface area contributed by atoms with Crippen molar-refractivity contribution in [2.75, 3.05) is 11.4 Å². The largest absolute Gasteiger partial charge is 0.347 e. The number of anilines is 1. The van der Waals surface area contributed by atoms with E-state index in [0.29, 0.717) is 5.56 Å². The average molecular weight is 388 g/mol. The summed E-state index contributed by atoms with van der Waals surface area (Å²) in [7, 11) is 0. The van der Waals surface area contributed by atoms with Gasteiger partial charge in [0.05, 0.1) is 5.69 Å². The van der Waals surface area contributed by atoms with Crippen LogP contribution in [0, 0.1) is 0 Å². The maximum absolute atomic E-state index is 12.6. The molecule has 0 saturated heterocycles. The van der Waals surface area contributed by atoms with E-state index in [4.69, 9.17) is 4.98 Å². The smallest absolute Gasteiger partial charge is 0.251 e. The van der Waals surface area contributed by atoms with Crippen LogP contribution in [0.3, 0.4) is 0 Å². The maximum Gasteiger partial charge on any atom is 0.251 e. The third-order valence-corrected chi connectivity index (χ3v) is 3.30. The van der Waals surface area contributed by atoms with Gasteiger partial charge in [-0.15, -0.1) is 0 Å². The molecule has 1 N–H and O–H groups in total. The van der Waals surface area contributed by atoms with Gasteiger partial charge in [-0.3, -0.25) is 4.79 Å². The maximum atomic E-state index is 12.6. The van der Waals surface area contributed by atoms with Gasteiger partial charge in [-0.1, -0.05) is 52.5 Å². The van der Waals surface area contributed by atoms with Gasteiger partial charge in [0.25, 0.3) is 5.91 Å². The molecule has 0 aliphatic rings. The number of hydrogen-bond donors (Lipinski definition) is 1. The summed E-state index contributed by atoms with van der Waals surface area (Å²) in [4.78, 5) is 19.3. The molecular weight excluding hydrogens is 346 g/mol. The molecular formula is C24H41N3O. The summed E-state index contributed by atoms with van der Waals surface area (Å²) in [5.41, 5.74) is 2.05. The molecule has 0 saturated carbocycles. The van der Waals surface area contributed by atoms with Gasteiger partial charge < -0.3 is 10.2 Å². The van der Waals surface area contributed by atoms with Crippen LogP contribution in [0.5, 0.6) is 0 Å². The summed E-state index contributed by atoms with van der Waals surface area (Å²) in [6.45, 7) is 24.4. The summed E-state index contributed by atoms with van der Waals surface area (Å²) >= 11 is 0. The molecule has 28 heavy (non-hydrogen) atoms. The number of rotatable bonds is 6. The number of hydrogen-bond acceptors (Lipinski definition) is 3. The molecule has 1 aromatic rings. The van der Waals surface area contributed by atoms with Gasteiger partial charge in [-0.05, 0) is 59.2 Å². The van der Waals surface area contributed by atoms with Crippen molar-refractivity contribution in [2.24, 2.45) is 0 Å². The van der Waals surface area contributed by atoms with E-state index in [1.54, 1.807) is 6.08 Å². The molecule has 4 nitrogen and oxygen atoms in total. The van der Waals surface area contributed by atoms with Crippen molar-refractivity contribution >= 4 is 17.3 Å². The van der Waals surface area contributed by atoms with Gasteiger partial charge in [0.2, 0.25) is 0 Å². The van der Waals surface area contributed by atoms with E-state index in [-0.39, 0.29) is 11.4 Å². The highest BCUT2D eigenvalue weighted by molar-refractivity contribution is 5.96. The Bertz CT molecular complexity index is 652. The summed E-state index contributed by atoms with van der Waals surface area (Å²) in [6, 6.07) is 3.65. The van der Waals surface area contributed by atoms with Gasteiger partial charge in [0, 0.05) is 23.8 Å². The number of allylic oxidation sites excluding steroid dienone is 4. The predicted molar refractivity (Wildman–Crippen MR) is 126 cm³/mol. The van der Waals surface area contributed by atoms with E-state index in [1.807, 2.05) is 97.7 Å². The van der Waals surface area contributed by atoms with Crippen LogP contribution >= 0.6 is 0 Å². The Kier molecular flexibility index (Phi) is 14.6. The van der Waals surface area contributed by atoms with Crippen molar-refractivity contribution in [1.82, 2.24) is 10.3 Å². The molecule has 1 heterocycles. The standard InChI is InChI=1S/C20H29N3O.2C2H6/c1-8-11-15(4)17-13-16(19(24)22-20(5,6)7)14-18(21-17)23(10-3)12-9-2;2*1-2/h8-9,11-14H,1,10H2,2-7H3,(H,22,24);2*1-2H3/b12-9-,15-11+;;. The highest BCUT2D eigenvalue weighted by Gasteiger charge is 2.18. The van der Waals surface area contributed by atoms with Crippen molar-refractivity contribution < 1.29 is 4.79 Å². The van der Waals surface area contributed by atoms with Crippen LogP contribution in [0.15, 0.2) is 43.1 Å². The minimum absolute atomic E-state index is 0.102. The minimum Gasteiger partial charge on any atom is -0.347 e. The summed E-state index contributed by atoms with van der Waals surface area (Å²) in [6.07, 6.45) is 7.54. The molecule has 0 aromatic carbocycles. The van der Waals surface area contributed by atoms with E-state index < -0.39 is 0 Å². The second kappa shape index (κ2) is 14.7. The van der Waals surface area contributed by atoms with E-state index >= 15 is 0 Å². The van der Waals surface area contributed by atoms with E-state index in [0.717, 1.165) is 23.6 Å². The van der Waals surface area contributed by atoms with Crippen LogP contribution < -0.4 is 10.2 Å². The van der Waals surface area contributed by atoms with Gasteiger partial charge in [0.15, 0.2) is 0 Å². The number of aromatic nitrogens is 1. The zero-order valence-electron chi connectivity index (χ0n) is 19.7. The van der Waals surface area contributed by atoms with E-state index in [2.05, 4.69) is 18.8 Å². The lowest BCUT2D eigenvalue weighted by Gasteiger charge is -2.22. The lowest BCUT2D eigenvalue weighted by Crippen LogP contribution is -2.40. The quantitative estimate of drug-likeness (QED) is 0.558. The number of amides is 1. The molecule has 4 heteroatoms. The minimum atomic E-state index is -0.291. The molecule has 0 radical (unpaired) electrons. The topological polar surface area (TPSA) is 45.2 Å². The van der Waals surface area contributed by atoms with Gasteiger partial charge in [-0.2, -0.15) is 0 Å². The summed E-state index contributed by atoms with van der Waals surface area (Å²) in [5.74, 6) is 0.652. The molecule has 0 aliphatic carbocycles. The van der Waals surface area contributed by atoms with Crippen molar-refractivity contribution in [3.8, 4) is 0 Å². The first-order valence-electron chi connectivity index (χ1n) is 10.3. The Morgan fingerprint density at radius 2 is 1.79 bits per heavy atom. The SMILES string of the molecule is C=C/C=C(\C)c1cc(C(=O)NC(C)(C)C)cc(N(/C=C\C)CC)n1.CC.CC. The van der Waals surface area contributed by atoms with Gasteiger partial charge in [-0.25, -0.2) is 4.98 Å². The Labute approximate surface area is 173 Å². The van der Waals surface area contributed by atoms with Crippen LogP contribution in [0.2, 0.25) is 0 Å². The fourth-order valence-electron chi connectivity index (χ4n) is 2.19. The molecule has 0 atom stereocenters. The fourth-order valence-corrected chi connectivity index (χ4v) is 2.19. The molecule has 1 aromatic heterocycles. The van der Waals surface area contributed by atoms with Crippen molar-refractivity contribution in [3.05, 3.63) is 54.4 Å². The normalized spacial score (nSPS) is 11.0. The summed E-state index contributed by atoms with van der Waals surface area (Å²) in [5, 5.41) is 3.01. The zero-order chi connectivity index (χ0) is 22.3. The molecule has 1 amide bonds. The molecule has 0 aliphatic heterocycles. The van der Waals surface area contributed by atoms with E-state index in [9.17, 15) is 4.79 Å². The third-order valence-electron chi connectivity index (χ3n) is 3.30. The van der Waals surface area contributed by atoms with E-state index in [1.165, 1.54) is 0 Å². The number of carbonyl (C=O) groups excluding carboxylic acids is 1. The Morgan fingerprint density at radius 3 is 2.21 bits per heavy atom. The first-order valence-corrected chi connectivity index (χ1v) is 10.3. The molecule has 0 bridgehead atoms. The van der Waals surface area contributed by atoms with Crippen LogP contribution in [0.25, 0.3) is 5.57 Å². The van der Waals surface area contributed by atoms with Crippen LogP contribution in [-0.2, 0) is 0 Å². The lowest BCUT2D eigenvalue weighted by molar-refractivity contribution is 0.0919. The number of carbonyl (C=O) groups is 1. The molecule has 0 unspecified atom stereocenters. The predicted octanol–water partition coefficient (Wildman–Crippen LogP) is 6.61. The zero-order valence-corrected chi connectivity index (χ0v) is 19.7. The second-order valence-corrected chi connectivity index (χ2v) is 6.66. The van der Waals surface area contributed by atoms with Crippen LogP contribution in [0.1, 0.15) is 85.3 Å². The van der Waals surface area contributed by atoms with Gasteiger partial charge in [0.1, 0.15) is 5.82 Å². The van der Waals surface area contributed by atoms with Gasteiger partial charge >= 0.3 is 0 Å². The highest BCUT2D eigenvalue weighted by atomic mass is 16.1.